The average Bonchev–Trinajstić information content (AvgIpc) is 2.28. The van der Waals surface area contributed by atoms with Crippen molar-refractivity contribution in [3.63, 3.8) is 0 Å². The zero-order valence-corrected chi connectivity index (χ0v) is 13.0. The molecule has 2 N–H and O–H groups in total. The first-order chi connectivity index (χ1) is 8.12. The van der Waals surface area contributed by atoms with Gasteiger partial charge in [-0.2, -0.15) is 0 Å². The molecule has 0 aliphatic heterocycles. The van der Waals surface area contributed by atoms with Crippen LogP contribution in [0.2, 0.25) is 0 Å². The molecule has 0 aromatic heterocycles. The zero-order chi connectivity index (χ0) is 13.5. The molecule has 0 atom stereocenters. The molecule has 0 spiro atoms. The summed E-state index contributed by atoms with van der Waals surface area (Å²) in [7, 11) is 6.10. The van der Waals surface area contributed by atoms with Crippen LogP contribution >= 0.6 is 0 Å². The van der Waals surface area contributed by atoms with Crippen molar-refractivity contribution in [1.82, 2.24) is 15.5 Å². The Bertz CT molecular complexity index is 112. The number of nitrogens with one attached hydrogen (secondary N) is 2. The van der Waals surface area contributed by atoms with Gasteiger partial charge in [-0.15, -0.1) is 0 Å². The Balaban J connectivity index is 0. The van der Waals surface area contributed by atoms with E-state index in [2.05, 4.69) is 50.4 Å². The molecule has 106 valence electrons. The van der Waals surface area contributed by atoms with Crippen LogP contribution in [0.3, 0.4) is 0 Å². The van der Waals surface area contributed by atoms with Crippen molar-refractivity contribution >= 4 is 0 Å². The summed E-state index contributed by atoms with van der Waals surface area (Å²) in [6.45, 7) is 9.99. The van der Waals surface area contributed by atoms with E-state index in [-0.39, 0.29) is 0 Å². The summed E-state index contributed by atoms with van der Waals surface area (Å²) in [5.41, 5.74) is 0. The number of likely N-dealkylation sites (N-methyl/N-ethyl adjacent to an activating group) is 2. The summed E-state index contributed by atoms with van der Waals surface area (Å²) in [4.78, 5) is 2.15. The first kappa shape index (κ1) is 19.2. The topological polar surface area (TPSA) is 27.3 Å². The molecule has 0 saturated carbocycles. The van der Waals surface area contributed by atoms with Crippen LogP contribution in [0.5, 0.6) is 0 Å². The lowest BCUT2D eigenvalue weighted by atomic mass is 10.1. The monoisotopic (exact) mass is 245 g/mol. The largest absolute Gasteiger partial charge is 0.318 e. The highest BCUT2D eigenvalue weighted by atomic mass is 15.1. The van der Waals surface area contributed by atoms with E-state index in [1.807, 2.05) is 7.05 Å². The van der Waals surface area contributed by atoms with Gasteiger partial charge in [-0.05, 0) is 40.5 Å². The molecule has 0 bridgehead atoms. The third-order valence-electron chi connectivity index (χ3n) is 2.58. The molecule has 0 aromatic rings. The van der Waals surface area contributed by atoms with Gasteiger partial charge >= 0.3 is 0 Å². The number of rotatable bonds is 9. The van der Waals surface area contributed by atoms with Crippen molar-refractivity contribution < 1.29 is 0 Å². The summed E-state index contributed by atoms with van der Waals surface area (Å²) < 4.78 is 0. The molecule has 17 heavy (non-hydrogen) atoms. The Labute approximate surface area is 109 Å². The third-order valence-corrected chi connectivity index (χ3v) is 2.58. The van der Waals surface area contributed by atoms with Crippen molar-refractivity contribution in [2.45, 2.75) is 52.5 Å². The van der Waals surface area contributed by atoms with E-state index in [9.17, 15) is 0 Å². The lowest BCUT2D eigenvalue weighted by Gasteiger charge is -2.15. The van der Waals surface area contributed by atoms with E-state index in [1.165, 1.54) is 25.7 Å². The molecular weight excluding hydrogens is 210 g/mol. The fourth-order valence-electron chi connectivity index (χ4n) is 1.67. The van der Waals surface area contributed by atoms with E-state index in [1.54, 1.807) is 0 Å². The lowest BCUT2D eigenvalue weighted by molar-refractivity contribution is 0.407. The van der Waals surface area contributed by atoms with Gasteiger partial charge < -0.3 is 15.5 Å². The lowest BCUT2D eigenvalue weighted by Crippen LogP contribution is -2.28. The first-order valence-corrected chi connectivity index (χ1v) is 7.14. The van der Waals surface area contributed by atoms with Gasteiger partial charge in [0.25, 0.3) is 0 Å². The summed E-state index contributed by atoms with van der Waals surface area (Å²) >= 11 is 0. The van der Waals surface area contributed by atoms with Crippen LogP contribution in [0.25, 0.3) is 0 Å². The standard InChI is InChI=1S/C9H21N.C5H14N2/c1-4-7-9(8-5-2)10-6-3;1-6-4-5-7(2)3/h9-10H,4-8H2,1-3H3;6H,4-5H2,1-3H3. The SMILES string of the molecule is CCCC(CCC)NCC.CNCCN(C)C. The van der Waals surface area contributed by atoms with Gasteiger partial charge in [0, 0.05) is 19.1 Å². The molecule has 0 unspecified atom stereocenters. The maximum atomic E-state index is 3.48. The van der Waals surface area contributed by atoms with Gasteiger partial charge in [0.05, 0.1) is 0 Å². The van der Waals surface area contributed by atoms with E-state index < -0.39 is 0 Å². The van der Waals surface area contributed by atoms with Gasteiger partial charge in [-0.1, -0.05) is 33.6 Å². The molecule has 0 aliphatic carbocycles. The molecule has 0 radical (unpaired) electrons. The van der Waals surface area contributed by atoms with Crippen molar-refractivity contribution in [3.8, 4) is 0 Å². The third kappa shape index (κ3) is 18.4. The normalized spacial score (nSPS) is 10.6. The fourth-order valence-corrected chi connectivity index (χ4v) is 1.67. The van der Waals surface area contributed by atoms with Gasteiger partial charge in [0.15, 0.2) is 0 Å². The van der Waals surface area contributed by atoms with Crippen LogP contribution in [0.1, 0.15) is 46.5 Å². The Morgan fingerprint density at radius 2 is 1.53 bits per heavy atom. The minimum atomic E-state index is 0.778. The highest BCUT2D eigenvalue weighted by Crippen LogP contribution is 2.03. The van der Waals surface area contributed by atoms with Crippen LogP contribution in [-0.4, -0.2) is 51.7 Å². The van der Waals surface area contributed by atoms with Crippen LogP contribution < -0.4 is 10.6 Å². The first-order valence-electron chi connectivity index (χ1n) is 7.14. The van der Waals surface area contributed by atoms with Crippen LogP contribution in [0.15, 0.2) is 0 Å². The second kappa shape index (κ2) is 15.9. The van der Waals surface area contributed by atoms with Crippen molar-refractivity contribution in [3.05, 3.63) is 0 Å². The van der Waals surface area contributed by atoms with Crippen LogP contribution in [-0.2, 0) is 0 Å². The summed E-state index contributed by atoms with van der Waals surface area (Å²) in [5.74, 6) is 0. The summed E-state index contributed by atoms with van der Waals surface area (Å²) in [6, 6.07) is 0.778. The second-order valence-corrected chi connectivity index (χ2v) is 4.74. The van der Waals surface area contributed by atoms with Gasteiger partial charge in [-0.25, -0.2) is 0 Å². The quantitative estimate of drug-likeness (QED) is 0.653. The van der Waals surface area contributed by atoms with Gasteiger partial charge in [-0.3, -0.25) is 0 Å². The summed E-state index contributed by atoms with van der Waals surface area (Å²) in [6.07, 6.45) is 5.28. The number of hydrogen-bond acceptors (Lipinski definition) is 3. The maximum Gasteiger partial charge on any atom is 0.0101 e. The molecule has 0 rings (SSSR count). The molecular formula is C14H35N3. The van der Waals surface area contributed by atoms with Crippen molar-refractivity contribution in [2.24, 2.45) is 0 Å². The van der Waals surface area contributed by atoms with Gasteiger partial charge in [0.2, 0.25) is 0 Å². The Kier molecular flexibility index (Phi) is 18.0. The van der Waals surface area contributed by atoms with Crippen LogP contribution in [0, 0.1) is 0 Å². The smallest absolute Gasteiger partial charge is 0.0101 e. The van der Waals surface area contributed by atoms with Crippen molar-refractivity contribution in [1.29, 1.82) is 0 Å². The molecule has 3 heteroatoms. The zero-order valence-electron chi connectivity index (χ0n) is 13.0. The summed E-state index contributed by atoms with van der Waals surface area (Å²) in [5, 5.41) is 6.54. The fraction of sp³-hybridized carbons (Fsp3) is 1.00. The van der Waals surface area contributed by atoms with E-state index in [4.69, 9.17) is 0 Å². The highest BCUT2D eigenvalue weighted by molar-refractivity contribution is 4.63. The Morgan fingerprint density at radius 3 is 1.76 bits per heavy atom. The van der Waals surface area contributed by atoms with Crippen molar-refractivity contribution in [2.75, 3.05) is 40.8 Å². The molecule has 0 fully saturated rings. The molecule has 0 aliphatic rings. The van der Waals surface area contributed by atoms with E-state index in [0.717, 1.165) is 25.7 Å². The van der Waals surface area contributed by atoms with E-state index in [0.29, 0.717) is 0 Å². The molecule has 0 aromatic carbocycles. The number of nitrogens with zero attached hydrogens (tertiary/aromatic N) is 1. The second-order valence-electron chi connectivity index (χ2n) is 4.74. The van der Waals surface area contributed by atoms with Gasteiger partial charge in [0.1, 0.15) is 0 Å². The molecule has 0 heterocycles. The van der Waals surface area contributed by atoms with E-state index >= 15 is 0 Å². The average molecular weight is 245 g/mol. The van der Waals surface area contributed by atoms with Crippen LogP contribution in [0.4, 0.5) is 0 Å². The Morgan fingerprint density at radius 1 is 1.00 bits per heavy atom. The predicted molar refractivity (Wildman–Crippen MR) is 79.8 cm³/mol. The predicted octanol–water partition coefficient (Wildman–Crippen LogP) is 2.33. The molecule has 3 nitrogen and oxygen atoms in total. The highest BCUT2D eigenvalue weighted by Gasteiger charge is 2.02. The maximum absolute atomic E-state index is 3.48. The Hall–Kier alpha value is -0.120. The minimum absolute atomic E-state index is 0.778. The molecule has 0 saturated heterocycles. The minimum Gasteiger partial charge on any atom is -0.318 e. The number of hydrogen-bond donors (Lipinski definition) is 2. The molecule has 0 amide bonds.